The van der Waals surface area contributed by atoms with Crippen molar-refractivity contribution < 1.29 is 4.74 Å². The van der Waals surface area contributed by atoms with E-state index >= 15 is 0 Å². The van der Waals surface area contributed by atoms with Gasteiger partial charge in [0.1, 0.15) is 5.75 Å². The average Bonchev–Trinajstić information content (AvgIpc) is 2.62. The van der Waals surface area contributed by atoms with Crippen molar-refractivity contribution in [2.24, 2.45) is 0 Å². The molecule has 0 amide bonds. The Morgan fingerprint density at radius 3 is 2.08 bits per heavy atom. The maximum Gasteiger partial charge on any atom is 0.119 e. The molecule has 0 aliphatic rings. The molecule has 0 atom stereocenters. The highest BCUT2D eigenvalue weighted by molar-refractivity contribution is 5.63. The summed E-state index contributed by atoms with van der Waals surface area (Å²) in [6, 6.07) is 27.8. The van der Waals surface area contributed by atoms with Crippen molar-refractivity contribution in [3.05, 3.63) is 90.0 Å². The van der Waals surface area contributed by atoms with E-state index in [9.17, 15) is 0 Å². The van der Waals surface area contributed by atoms with E-state index in [-0.39, 0.29) is 5.41 Å². The Morgan fingerprint density at radius 1 is 0.750 bits per heavy atom. The lowest BCUT2D eigenvalue weighted by molar-refractivity contribution is 0.413. The summed E-state index contributed by atoms with van der Waals surface area (Å²) >= 11 is 0. The van der Waals surface area contributed by atoms with Crippen LogP contribution in [-0.4, -0.2) is 7.11 Å². The lowest BCUT2D eigenvalue weighted by Gasteiger charge is -2.26. The first-order valence-electron chi connectivity index (χ1n) is 8.37. The molecule has 3 aromatic carbocycles. The third kappa shape index (κ3) is 3.68. The molecule has 0 spiro atoms. The number of hydrogen-bond donors (Lipinski definition) is 0. The topological polar surface area (TPSA) is 9.23 Å². The van der Waals surface area contributed by atoms with Crippen molar-refractivity contribution in [2.45, 2.75) is 25.7 Å². The molecule has 1 nitrogen and oxygen atoms in total. The first-order chi connectivity index (χ1) is 11.6. The van der Waals surface area contributed by atoms with E-state index in [4.69, 9.17) is 4.74 Å². The van der Waals surface area contributed by atoms with Crippen LogP contribution >= 0.6 is 0 Å². The first kappa shape index (κ1) is 16.3. The molecule has 3 aromatic rings. The Morgan fingerprint density at radius 2 is 1.42 bits per heavy atom. The van der Waals surface area contributed by atoms with Gasteiger partial charge in [-0.05, 0) is 46.2 Å². The highest BCUT2D eigenvalue weighted by Crippen LogP contribution is 2.30. The van der Waals surface area contributed by atoms with Gasteiger partial charge >= 0.3 is 0 Å². The predicted octanol–water partition coefficient (Wildman–Crippen LogP) is 5.88. The monoisotopic (exact) mass is 316 g/mol. The van der Waals surface area contributed by atoms with E-state index in [1.54, 1.807) is 7.11 Å². The van der Waals surface area contributed by atoms with Gasteiger partial charge in [0.2, 0.25) is 0 Å². The van der Waals surface area contributed by atoms with Crippen molar-refractivity contribution in [3.63, 3.8) is 0 Å². The van der Waals surface area contributed by atoms with E-state index in [1.807, 2.05) is 6.07 Å². The lowest BCUT2D eigenvalue weighted by atomic mass is 9.79. The summed E-state index contributed by atoms with van der Waals surface area (Å²) in [6.45, 7) is 4.59. The second-order valence-electron chi connectivity index (χ2n) is 6.86. The van der Waals surface area contributed by atoms with Gasteiger partial charge in [0.25, 0.3) is 0 Å². The fraction of sp³-hybridized carbons (Fsp3) is 0.217. The largest absolute Gasteiger partial charge is 0.497 e. The molecule has 0 saturated heterocycles. The van der Waals surface area contributed by atoms with Gasteiger partial charge in [0.15, 0.2) is 0 Å². The molecule has 122 valence electrons. The van der Waals surface area contributed by atoms with Crippen molar-refractivity contribution in [2.75, 3.05) is 7.11 Å². The zero-order valence-electron chi connectivity index (χ0n) is 14.6. The van der Waals surface area contributed by atoms with E-state index < -0.39 is 0 Å². The molecular formula is C23H24O. The summed E-state index contributed by atoms with van der Waals surface area (Å²) in [5.74, 6) is 0.919. The minimum atomic E-state index is 0.0710. The molecular weight excluding hydrogens is 292 g/mol. The molecule has 3 rings (SSSR count). The van der Waals surface area contributed by atoms with Gasteiger partial charge in [-0.15, -0.1) is 0 Å². The minimum absolute atomic E-state index is 0.0710. The molecule has 0 aliphatic heterocycles. The number of methoxy groups -OCH3 is 1. The summed E-state index contributed by atoms with van der Waals surface area (Å²) in [6.07, 6.45) is 0.981. The van der Waals surface area contributed by atoms with Crippen molar-refractivity contribution in [1.82, 2.24) is 0 Å². The van der Waals surface area contributed by atoms with E-state index in [0.29, 0.717) is 0 Å². The van der Waals surface area contributed by atoms with E-state index in [1.165, 1.54) is 22.3 Å². The Kier molecular flexibility index (Phi) is 4.71. The van der Waals surface area contributed by atoms with Crippen molar-refractivity contribution >= 4 is 0 Å². The Labute approximate surface area is 144 Å². The highest BCUT2D eigenvalue weighted by Gasteiger charge is 2.21. The minimum Gasteiger partial charge on any atom is -0.497 e. The second kappa shape index (κ2) is 6.92. The zero-order valence-corrected chi connectivity index (χ0v) is 14.6. The zero-order chi connectivity index (χ0) is 17.0. The Hall–Kier alpha value is -2.54. The molecule has 0 radical (unpaired) electrons. The lowest BCUT2D eigenvalue weighted by Crippen LogP contribution is -2.20. The van der Waals surface area contributed by atoms with Crippen LogP contribution in [0.25, 0.3) is 11.1 Å². The van der Waals surface area contributed by atoms with Crippen LogP contribution < -0.4 is 4.74 Å². The molecule has 0 bridgehead atoms. The molecule has 0 N–H and O–H groups in total. The summed E-state index contributed by atoms with van der Waals surface area (Å²) in [7, 11) is 1.71. The summed E-state index contributed by atoms with van der Waals surface area (Å²) in [5, 5.41) is 0. The molecule has 0 aliphatic carbocycles. The Bertz CT molecular complexity index is 786. The fourth-order valence-electron chi connectivity index (χ4n) is 3.14. The molecule has 0 aromatic heterocycles. The van der Waals surface area contributed by atoms with Crippen molar-refractivity contribution in [1.29, 1.82) is 0 Å². The van der Waals surface area contributed by atoms with E-state index in [0.717, 1.165) is 12.2 Å². The Balaban J connectivity index is 1.81. The number of hydrogen-bond acceptors (Lipinski definition) is 1. The summed E-state index contributed by atoms with van der Waals surface area (Å²) in [4.78, 5) is 0. The molecule has 0 saturated carbocycles. The number of ether oxygens (including phenoxy) is 1. The maximum atomic E-state index is 5.34. The van der Waals surface area contributed by atoms with Gasteiger partial charge in [-0.2, -0.15) is 0 Å². The van der Waals surface area contributed by atoms with Gasteiger partial charge in [0, 0.05) is 0 Å². The van der Waals surface area contributed by atoms with Crippen LogP contribution in [0.3, 0.4) is 0 Å². The van der Waals surface area contributed by atoms with Crippen LogP contribution in [0.4, 0.5) is 0 Å². The number of benzene rings is 3. The third-order valence-corrected chi connectivity index (χ3v) is 4.55. The van der Waals surface area contributed by atoms with Gasteiger partial charge in [-0.25, -0.2) is 0 Å². The average molecular weight is 316 g/mol. The smallest absolute Gasteiger partial charge is 0.119 e. The third-order valence-electron chi connectivity index (χ3n) is 4.55. The second-order valence-corrected chi connectivity index (χ2v) is 6.86. The van der Waals surface area contributed by atoms with Gasteiger partial charge in [0.05, 0.1) is 7.11 Å². The number of rotatable bonds is 5. The van der Waals surface area contributed by atoms with Gasteiger partial charge < -0.3 is 4.74 Å². The fourth-order valence-corrected chi connectivity index (χ4v) is 3.14. The van der Waals surface area contributed by atoms with Crippen LogP contribution in [0.15, 0.2) is 78.9 Å². The molecule has 0 heterocycles. The first-order valence-corrected chi connectivity index (χ1v) is 8.37. The molecule has 0 fully saturated rings. The standard InChI is InChI=1S/C23H24O/c1-23(2,17-18-8-7-11-22(16-18)24-3)21-14-12-20(13-15-21)19-9-5-4-6-10-19/h4-16H,17H2,1-3H3. The van der Waals surface area contributed by atoms with Crippen LogP contribution in [0.1, 0.15) is 25.0 Å². The molecule has 0 unspecified atom stereocenters. The van der Waals surface area contributed by atoms with Gasteiger partial charge in [-0.3, -0.25) is 0 Å². The maximum absolute atomic E-state index is 5.34. The van der Waals surface area contributed by atoms with Crippen molar-refractivity contribution in [3.8, 4) is 16.9 Å². The van der Waals surface area contributed by atoms with Crippen LogP contribution in [0, 0.1) is 0 Å². The van der Waals surface area contributed by atoms with Crippen LogP contribution in [0.2, 0.25) is 0 Å². The molecule has 1 heteroatoms. The highest BCUT2D eigenvalue weighted by atomic mass is 16.5. The van der Waals surface area contributed by atoms with E-state index in [2.05, 4.69) is 86.6 Å². The normalized spacial score (nSPS) is 11.3. The van der Waals surface area contributed by atoms with Gasteiger partial charge in [-0.1, -0.05) is 80.6 Å². The SMILES string of the molecule is COc1cccc(CC(C)(C)c2ccc(-c3ccccc3)cc2)c1. The summed E-state index contributed by atoms with van der Waals surface area (Å²) in [5.41, 5.74) is 5.24. The predicted molar refractivity (Wildman–Crippen MR) is 102 cm³/mol. The van der Waals surface area contributed by atoms with Crippen LogP contribution in [0.5, 0.6) is 5.75 Å². The molecule has 24 heavy (non-hydrogen) atoms. The quantitative estimate of drug-likeness (QED) is 0.571. The summed E-state index contributed by atoms with van der Waals surface area (Å²) < 4.78 is 5.34. The van der Waals surface area contributed by atoms with Crippen LogP contribution in [-0.2, 0) is 11.8 Å².